The van der Waals surface area contributed by atoms with E-state index in [4.69, 9.17) is 9.47 Å². The summed E-state index contributed by atoms with van der Waals surface area (Å²) in [6.45, 7) is 4.63. The Hall–Kier alpha value is -0.200. The molecule has 1 fully saturated rings. The van der Waals surface area contributed by atoms with Crippen molar-refractivity contribution in [3.05, 3.63) is 0 Å². The Morgan fingerprint density at radius 3 is 2.23 bits per heavy atom. The van der Waals surface area contributed by atoms with E-state index < -0.39 is 12.5 Å². The molecule has 78 valence electrons. The van der Waals surface area contributed by atoms with Gasteiger partial charge < -0.3 is 19.7 Å². The molecule has 1 aliphatic rings. The van der Waals surface area contributed by atoms with Crippen molar-refractivity contribution in [2.24, 2.45) is 0 Å². The van der Waals surface area contributed by atoms with Gasteiger partial charge in [-0.05, 0) is 13.8 Å². The van der Waals surface area contributed by atoms with Crippen LogP contribution in [0.5, 0.6) is 0 Å². The van der Waals surface area contributed by atoms with Gasteiger partial charge in [-0.25, -0.2) is 4.90 Å². The third kappa shape index (κ3) is 2.89. The molecule has 0 aromatic carbocycles. The molecule has 0 radical (unpaired) electrons. The fourth-order valence-electron chi connectivity index (χ4n) is 1.44. The van der Waals surface area contributed by atoms with Crippen molar-refractivity contribution in [3.63, 3.8) is 0 Å². The lowest BCUT2D eigenvalue weighted by atomic mass is 10.4. The van der Waals surface area contributed by atoms with Crippen LogP contribution in [0.2, 0.25) is 0 Å². The third-order valence-corrected chi connectivity index (χ3v) is 1.99. The molecule has 0 amide bonds. The van der Waals surface area contributed by atoms with Crippen molar-refractivity contribution in [2.75, 3.05) is 19.8 Å². The second kappa shape index (κ2) is 4.88. The molecule has 5 nitrogen and oxygen atoms in total. The molecule has 0 bridgehead atoms. The zero-order chi connectivity index (χ0) is 9.84. The van der Waals surface area contributed by atoms with Crippen LogP contribution in [0.15, 0.2) is 0 Å². The van der Waals surface area contributed by atoms with Gasteiger partial charge in [-0.2, -0.15) is 0 Å². The third-order valence-electron chi connectivity index (χ3n) is 1.99. The van der Waals surface area contributed by atoms with E-state index in [0.717, 1.165) is 0 Å². The maximum Gasteiger partial charge on any atom is 0.138 e. The largest absolute Gasteiger partial charge is 0.379 e. The van der Waals surface area contributed by atoms with Crippen molar-refractivity contribution in [1.29, 1.82) is 0 Å². The maximum atomic E-state index is 9.37. The fraction of sp³-hybridized carbons (Fsp3) is 1.00. The molecule has 1 rings (SSSR count). The van der Waals surface area contributed by atoms with Crippen LogP contribution in [0, 0.1) is 0 Å². The zero-order valence-electron chi connectivity index (χ0n) is 8.01. The van der Waals surface area contributed by atoms with Crippen LogP contribution in [-0.4, -0.2) is 53.6 Å². The summed E-state index contributed by atoms with van der Waals surface area (Å²) in [6, 6.07) is 0. The van der Waals surface area contributed by atoms with Crippen molar-refractivity contribution in [1.82, 2.24) is 4.90 Å². The normalized spacial score (nSPS) is 28.8. The molecule has 5 heteroatoms. The average Bonchev–Trinajstić information content (AvgIpc) is 2.04. The molecule has 2 N–H and O–H groups in total. The minimum atomic E-state index is -0.744. The monoisotopic (exact) mass is 191 g/mol. The Balaban J connectivity index is 2.52. The van der Waals surface area contributed by atoms with Crippen molar-refractivity contribution in [3.8, 4) is 0 Å². The zero-order valence-corrected chi connectivity index (χ0v) is 8.01. The number of nitrogens with zero attached hydrogens (tertiary/aromatic N) is 1. The summed E-state index contributed by atoms with van der Waals surface area (Å²) in [7, 11) is 0. The van der Waals surface area contributed by atoms with Gasteiger partial charge in [0.15, 0.2) is 0 Å². The van der Waals surface area contributed by atoms with Gasteiger partial charge in [0.2, 0.25) is 0 Å². The smallest absolute Gasteiger partial charge is 0.138 e. The average molecular weight is 191 g/mol. The van der Waals surface area contributed by atoms with Gasteiger partial charge >= 0.3 is 0 Å². The molecule has 0 aromatic rings. The van der Waals surface area contributed by atoms with Crippen molar-refractivity contribution >= 4 is 0 Å². The van der Waals surface area contributed by atoms with Gasteiger partial charge in [-0.15, -0.1) is 0 Å². The first-order valence-electron chi connectivity index (χ1n) is 4.46. The molecular formula is C8H17NO4. The highest BCUT2D eigenvalue weighted by molar-refractivity contribution is 4.67. The quantitative estimate of drug-likeness (QED) is 0.580. The molecular weight excluding hydrogens is 174 g/mol. The second-order valence-corrected chi connectivity index (χ2v) is 3.11. The molecule has 1 heterocycles. The highest BCUT2D eigenvalue weighted by Gasteiger charge is 2.28. The lowest BCUT2D eigenvalue weighted by Crippen LogP contribution is -2.52. The number of aliphatic hydroxyl groups is 2. The molecule has 0 spiro atoms. The molecule has 1 aliphatic heterocycles. The molecule has 0 saturated carbocycles. The number of hydrogen-bond donors (Lipinski definition) is 2. The fourth-order valence-corrected chi connectivity index (χ4v) is 1.44. The van der Waals surface area contributed by atoms with Gasteiger partial charge in [0.1, 0.15) is 18.7 Å². The summed E-state index contributed by atoms with van der Waals surface area (Å²) in [5.41, 5.74) is 0. The van der Waals surface area contributed by atoms with E-state index in [-0.39, 0.29) is 6.23 Å². The first-order chi connectivity index (χ1) is 6.13. The van der Waals surface area contributed by atoms with E-state index in [9.17, 15) is 10.2 Å². The van der Waals surface area contributed by atoms with E-state index in [1.807, 2.05) is 0 Å². The predicted octanol–water partition coefficient (Wildman–Crippen LogP) is -0.662. The summed E-state index contributed by atoms with van der Waals surface area (Å²) in [4.78, 5) is 1.46. The Kier molecular flexibility index (Phi) is 4.08. The SMILES string of the molecule is CC(O)N(C(C)O)C1COCCO1. The molecule has 0 aromatic heterocycles. The summed E-state index contributed by atoms with van der Waals surface area (Å²) < 4.78 is 10.5. The number of ether oxygens (including phenoxy) is 2. The van der Waals surface area contributed by atoms with Crippen molar-refractivity contribution < 1.29 is 19.7 Å². The highest BCUT2D eigenvalue weighted by atomic mass is 16.6. The summed E-state index contributed by atoms with van der Waals surface area (Å²) in [5, 5.41) is 18.7. The minimum Gasteiger partial charge on any atom is -0.379 e. The summed E-state index contributed by atoms with van der Waals surface area (Å²) in [5.74, 6) is 0. The van der Waals surface area contributed by atoms with Crippen LogP contribution in [0.4, 0.5) is 0 Å². The summed E-state index contributed by atoms with van der Waals surface area (Å²) in [6.07, 6.45) is -1.84. The number of aliphatic hydroxyl groups excluding tert-OH is 2. The lowest BCUT2D eigenvalue weighted by molar-refractivity contribution is -0.227. The summed E-state index contributed by atoms with van der Waals surface area (Å²) >= 11 is 0. The Labute approximate surface area is 77.9 Å². The molecule has 0 aliphatic carbocycles. The van der Waals surface area contributed by atoms with Gasteiger partial charge in [-0.1, -0.05) is 0 Å². The minimum absolute atomic E-state index is 0.353. The molecule has 3 unspecified atom stereocenters. The van der Waals surface area contributed by atoms with E-state index >= 15 is 0 Å². The van der Waals surface area contributed by atoms with Crippen LogP contribution in [0.3, 0.4) is 0 Å². The number of rotatable bonds is 3. The van der Waals surface area contributed by atoms with Crippen LogP contribution in [0.1, 0.15) is 13.8 Å². The standard InChI is InChI=1S/C8H17NO4/c1-6(10)9(7(2)11)8-5-12-3-4-13-8/h6-8,10-11H,3-5H2,1-2H3. The van der Waals surface area contributed by atoms with Gasteiger partial charge in [-0.3, -0.25) is 0 Å². The topological polar surface area (TPSA) is 62.2 Å². The Morgan fingerprint density at radius 1 is 1.23 bits per heavy atom. The van der Waals surface area contributed by atoms with Crippen molar-refractivity contribution in [2.45, 2.75) is 32.5 Å². The van der Waals surface area contributed by atoms with E-state index in [1.165, 1.54) is 4.90 Å². The Bertz CT molecular complexity index is 137. The van der Waals surface area contributed by atoms with Crippen LogP contribution < -0.4 is 0 Å². The first-order valence-corrected chi connectivity index (χ1v) is 4.46. The van der Waals surface area contributed by atoms with Gasteiger partial charge in [0.05, 0.1) is 19.8 Å². The predicted molar refractivity (Wildman–Crippen MR) is 45.8 cm³/mol. The lowest BCUT2D eigenvalue weighted by Gasteiger charge is -2.37. The van der Waals surface area contributed by atoms with E-state index in [2.05, 4.69) is 0 Å². The van der Waals surface area contributed by atoms with Crippen LogP contribution in [0.25, 0.3) is 0 Å². The van der Waals surface area contributed by atoms with E-state index in [0.29, 0.717) is 19.8 Å². The molecule has 13 heavy (non-hydrogen) atoms. The number of hydrogen-bond acceptors (Lipinski definition) is 5. The second-order valence-electron chi connectivity index (χ2n) is 3.11. The Morgan fingerprint density at radius 2 is 1.85 bits per heavy atom. The molecule has 1 saturated heterocycles. The highest BCUT2D eigenvalue weighted by Crippen LogP contribution is 2.12. The maximum absolute atomic E-state index is 9.37. The van der Waals surface area contributed by atoms with Gasteiger partial charge in [0, 0.05) is 0 Å². The first kappa shape index (κ1) is 10.9. The van der Waals surface area contributed by atoms with Crippen LogP contribution >= 0.6 is 0 Å². The van der Waals surface area contributed by atoms with E-state index in [1.54, 1.807) is 13.8 Å². The van der Waals surface area contributed by atoms with Gasteiger partial charge in [0.25, 0.3) is 0 Å². The van der Waals surface area contributed by atoms with Crippen LogP contribution in [-0.2, 0) is 9.47 Å². The molecule has 3 atom stereocenters.